The molecule has 0 unspecified atom stereocenters. The minimum atomic E-state index is 0.844. The van der Waals surface area contributed by atoms with Gasteiger partial charge in [0, 0.05) is 44.2 Å². The SMILES string of the molecule is c1cc(-c2ccccc2N(c2ccc3ccccc3c2)c2cccc3c2oc2ccccc23)cc(N(c2ccc3ccccc3c2)c2cccc3c2oc2ccccc23)c1. The van der Waals surface area contributed by atoms with Crippen LogP contribution in [0, 0.1) is 0 Å². The molecule has 0 spiro atoms. The van der Waals surface area contributed by atoms with E-state index in [9.17, 15) is 0 Å². The maximum absolute atomic E-state index is 6.72. The molecule has 10 aromatic carbocycles. The molecule has 12 rings (SSSR count). The number of fused-ring (bicyclic) bond motifs is 8. The van der Waals surface area contributed by atoms with Crippen LogP contribution >= 0.6 is 0 Å². The summed E-state index contributed by atoms with van der Waals surface area (Å²) in [6.07, 6.45) is 0. The van der Waals surface area contributed by atoms with Crippen LogP contribution in [0.1, 0.15) is 0 Å². The van der Waals surface area contributed by atoms with Gasteiger partial charge in [0.1, 0.15) is 11.2 Å². The average molecular weight is 769 g/mol. The average Bonchev–Trinajstić information content (AvgIpc) is 3.89. The smallest absolute Gasteiger partial charge is 0.159 e. The van der Waals surface area contributed by atoms with E-state index in [0.717, 1.165) is 89.1 Å². The van der Waals surface area contributed by atoms with Gasteiger partial charge in [-0.25, -0.2) is 0 Å². The van der Waals surface area contributed by atoms with Crippen molar-refractivity contribution < 1.29 is 8.83 Å². The molecule has 0 N–H and O–H groups in total. The number of nitrogens with zero attached hydrogens (tertiary/aromatic N) is 2. The van der Waals surface area contributed by atoms with Gasteiger partial charge in [-0.3, -0.25) is 0 Å². The summed E-state index contributed by atoms with van der Waals surface area (Å²) in [5, 5.41) is 9.09. The van der Waals surface area contributed by atoms with E-state index in [1.807, 2.05) is 24.3 Å². The maximum Gasteiger partial charge on any atom is 0.159 e. The van der Waals surface area contributed by atoms with Gasteiger partial charge in [0.15, 0.2) is 11.2 Å². The fourth-order valence-corrected chi connectivity index (χ4v) is 9.01. The first-order valence-corrected chi connectivity index (χ1v) is 20.3. The first-order valence-electron chi connectivity index (χ1n) is 20.3. The largest absolute Gasteiger partial charge is 0.454 e. The van der Waals surface area contributed by atoms with Crippen molar-refractivity contribution in [3.05, 3.63) is 218 Å². The zero-order valence-corrected chi connectivity index (χ0v) is 32.5. The Morgan fingerprint density at radius 2 is 0.733 bits per heavy atom. The second kappa shape index (κ2) is 13.8. The lowest BCUT2D eigenvalue weighted by molar-refractivity contribution is 0.669. The molecule has 0 fully saturated rings. The number of hydrogen-bond acceptors (Lipinski definition) is 4. The van der Waals surface area contributed by atoms with Crippen LogP contribution in [0.2, 0.25) is 0 Å². The van der Waals surface area contributed by atoms with Gasteiger partial charge in [-0.1, -0.05) is 152 Å². The predicted octanol–water partition coefficient (Wildman–Crippen LogP) is 16.4. The third-order valence-electron chi connectivity index (χ3n) is 11.8. The molecule has 0 aliphatic carbocycles. The Bertz CT molecular complexity index is 3600. The number of benzene rings is 10. The molecule has 0 saturated heterocycles. The minimum absolute atomic E-state index is 0.844. The van der Waals surface area contributed by atoms with Crippen LogP contribution < -0.4 is 9.80 Å². The van der Waals surface area contributed by atoms with Crippen molar-refractivity contribution >= 4 is 99.5 Å². The third-order valence-corrected chi connectivity index (χ3v) is 11.8. The van der Waals surface area contributed by atoms with Crippen molar-refractivity contribution in [2.75, 3.05) is 9.80 Å². The molecule has 60 heavy (non-hydrogen) atoms. The van der Waals surface area contributed by atoms with Gasteiger partial charge in [-0.2, -0.15) is 0 Å². The molecule has 0 saturated carbocycles. The zero-order valence-electron chi connectivity index (χ0n) is 32.5. The topological polar surface area (TPSA) is 32.8 Å². The summed E-state index contributed by atoms with van der Waals surface area (Å²) >= 11 is 0. The molecule has 2 aromatic heterocycles. The van der Waals surface area contributed by atoms with Crippen molar-refractivity contribution in [2.24, 2.45) is 0 Å². The van der Waals surface area contributed by atoms with Crippen LogP contribution in [0.5, 0.6) is 0 Å². The number of furan rings is 2. The summed E-state index contributed by atoms with van der Waals surface area (Å²) in [5.41, 5.74) is 11.7. The Morgan fingerprint density at radius 3 is 1.37 bits per heavy atom. The van der Waals surface area contributed by atoms with E-state index in [1.54, 1.807) is 0 Å². The van der Waals surface area contributed by atoms with Gasteiger partial charge >= 0.3 is 0 Å². The fourth-order valence-electron chi connectivity index (χ4n) is 9.01. The van der Waals surface area contributed by atoms with E-state index in [1.165, 1.54) is 21.5 Å². The van der Waals surface area contributed by atoms with Crippen LogP contribution in [-0.2, 0) is 0 Å². The molecule has 282 valence electrons. The fraction of sp³-hybridized carbons (Fsp3) is 0. The van der Waals surface area contributed by atoms with E-state index in [-0.39, 0.29) is 0 Å². The highest BCUT2D eigenvalue weighted by molar-refractivity contribution is 6.12. The van der Waals surface area contributed by atoms with Crippen LogP contribution in [0.4, 0.5) is 34.1 Å². The zero-order chi connectivity index (χ0) is 39.6. The second-order valence-electron chi connectivity index (χ2n) is 15.3. The first kappa shape index (κ1) is 34.0. The van der Waals surface area contributed by atoms with Crippen molar-refractivity contribution in [1.82, 2.24) is 0 Å². The van der Waals surface area contributed by atoms with E-state index in [4.69, 9.17) is 8.83 Å². The lowest BCUT2D eigenvalue weighted by atomic mass is 9.99. The van der Waals surface area contributed by atoms with Gasteiger partial charge in [0.2, 0.25) is 0 Å². The molecule has 0 aliphatic heterocycles. The molecule has 12 aromatic rings. The van der Waals surface area contributed by atoms with Gasteiger partial charge in [0.25, 0.3) is 0 Å². The Morgan fingerprint density at radius 1 is 0.283 bits per heavy atom. The van der Waals surface area contributed by atoms with Crippen molar-refractivity contribution in [3.63, 3.8) is 0 Å². The molecule has 0 radical (unpaired) electrons. The number of hydrogen-bond donors (Lipinski definition) is 0. The highest BCUT2D eigenvalue weighted by atomic mass is 16.3. The van der Waals surface area contributed by atoms with Crippen LogP contribution in [0.15, 0.2) is 227 Å². The number of para-hydroxylation sites is 5. The molecule has 4 heteroatoms. The monoisotopic (exact) mass is 768 g/mol. The Balaban J connectivity index is 1.08. The molecule has 4 nitrogen and oxygen atoms in total. The first-order chi connectivity index (χ1) is 29.7. The normalized spacial score (nSPS) is 11.7. The summed E-state index contributed by atoms with van der Waals surface area (Å²) in [6.45, 7) is 0. The lowest BCUT2D eigenvalue weighted by Gasteiger charge is -2.29. The van der Waals surface area contributed by atoms with Gasteiger partial charge in [-0.15, -0.1) is 0 Å². The van der Waals surface area contributed by atoms with Crippen LogP contribution in [-0.4, -0.2) is 0 Å². The molecule has 2 heterocycles. The minimum Gasteiger partial charge on any atom is -0.454 e. The molecular weight excluding hydrogens is 733 g/mol. The quantitative estimate of drug-likeness (QED) is 0.162. The Kier molecular flexibility index (Phi) is 7.82. The van der Waals surface area contributed by atoms with E-state index in [2.05, 4.69) is 204 Å². The molecule has 0 amide bonds. The summed E-state index contributed by atoms with van der Waals surface area (Å²) in [4.78, 5) is 4.69. The summed E-state index contributed by atoms with van der Waals surface area (Å²) in [7, 11) is 0. The van der Waals surface area contributed by atoms with Crippen LogP contribution in [0.3, 0.4) is 0 Å². The Hall–Kier alpha value is -8.08. The third kappa shape index (κ3) is 5.53. The van der Waals surface area contributed by atoms with Crippen LogP contribution in [0.25, 0.3) is 76.5 Å². The summed E-state index contributed by atoms with van der Waals surface area (Å²) in [5.74, 6) is 0. The van der Waals surface area contributed by atoms with E-state index in [0.29, 0.717) is 0 Å². The van der Waals surface area contributed by atoms with E-state index >= 15 is 0 Å². The highest BCUT2D eigenvalue weighted by Gasteiger charge is 2.24. The highest BCUT2D eigenvalue weighted by Crippen LogP contribution is 2.48. The van der Waals surface area contributed by atoms with Crippen molar-refractivity contribution in [2.45, 2.75) is 0 Å². The van der Waals surface area contributed by atoms with Crippen molar-refractivity contribution in [3.8, 4) is 11.1 Å². The molecular formula is C56H36N2O2. The number of anilines is 6. The summed E-state index contributed by atoms with van der Waals surface area (Å²) in [6, 6.07) is 77.5. The van der Waals surface area contributed by atoms with Gasteiger partial charge < -0.3 is 18.6 Å². The predicted molar refractivity (Wildman–Crippen MR) is 251 cm³/mol. The lowest BCUT2D eigenvalue weighted by Crippen LogP contribution is -2.12. The van der Waals surface area contributed by atoms with Gasteiger partial charge in [-0.05, 0) is 93.8 Å². The Labute approximate surface area is 346 Å². The second-order valence-corrected chi connectivity index (χ2v) is 15.3. The van der Waals surface area contributed by atoms with Gasteiger partial charge in [0.05, 0.1) is 17.1 Å². The molecule has 0 aliphatic rings. The maximum atomic E-state index is 6.72. The van der Waals surface area contributed by atoms with E-state index < -0.39 is 0 Å². The molecule has 0 atom stereocenters. The standard InChI is InChI=1S/C56H36N2O2/c1-3-16-39-34-43(32-30-37(39)14-1)57(51-26-12-23-48-46-21-6-9-28-53(46)59-55(48)51)42-19-11-18-41(36-42)45-20-5-8-25-50(45)58(44-33-31-38-15-2-4-17-40(38)35-44)52-27-13-24-49-47-22-7-10-29-54(47)60-56(49)52/h1-36H. The summed E-state index contributed by atoms with van der Waals surface area (Å²) < 4.78 is 13.4. The molecule has 0 bridgehead atoms. The van der Waals surface area contributed by atoms with Crippen molar-refractivity contribution in [1.29, 1.82) is 0 Å². The number of rotatable bonds is 7.